The van der Waals surface area contributed by atoms with Crippen molar-refractivity contribution in [2.45, 2.75) is 12.8 Å². The second kappa shape index (κ2) is 13.7. The van der Waals surface area contributed by atoms with Crippen LogP contribution < -0.4 is 0 Å². The van der Waals surface area contributed by atoms with Gasteiger partial charge in [0.05, 0.1) is 56.3 Å². The van der Waals surface area contributed by atoms with Gasteiger partial charge in [-0.3, -0.25) is 0 Å². The fraction of sp³-hybridized carbons (Fsp3) is 0.0351. The molecule has 1 aliphatic carbocycles. The van der Waals surface area contributed by atoms with Crippen molar-refractivity contribution in [3.63, 3.8) is 0 Å². The van der Waals surface area contributed by atoms with Crippen LogP contribution in [0.5, 0.6) is 0 Å². The summed E-state index contributed by atoms with van der Waals surface area (Å²) >= 11 is 1.75. The average Bonchev–Trinajstić information content (AvgIpc) is 4.08. The second-order valence-electron chi connectivity index (χ2n) is 16.4. The molecule has 0 N–H and O–H groups in total. The summed E-state index contributed by atoms with van der Waals surface area (Å²) in [5.41, 5.74) is 11.6. The van der Waals surface area contributed by atoms with Crippen molar-refractivity contribution < 1.29 is 0 Å². The van der Waals surface area contributed by atoms with Crippen molar-refractivity contribution in [3.8, 4) is 46.4 Å². The number of aromatic nitrogens is 3. The van der Waals surface area contributed by atoms with Gasteiger partial charge in [-0.05, 0) is 73.0 Å². The first-order chi connectivity index (χ1) is 31.7. The predicted molar refractivity (Wildman–Crippen MR) is 262 cm³/mol. The highest BCUT2D eigenvalue weighted by molar-refractivity contribution is 7.25. The van der Waals surface area contributed by atoms with E-state index in [1.54, 1.807) is 11.3 Å². The maximum atomic E-state index is 12.1. The van der Waals surface area contributed by atoms with Crippen molar-refractivity contribution in [1.82, 2.24) is 13.7 Å². The number of hydrogen-bond donors (Lipinski definition) is 0. The van der Waals surface area contributed by atoms with Crippen molar-refractivity contribution in [2.24, 2.45) is 0 Å². The molecule has 0 unspecified atom stereocenters. The Morgan fingerprint density at radius 1 is 0.438 bits per heavy atom. The van der Waals surface area contributed by atoms with E-state index in [0.717, 1.165) is 94.4 Å². The molecule has 0 saturated heterocycles. The maximum Gasteiger partial charge on any atom is 0.104 e. The number of thiophene rings is 1. The third kappa shape index (κ3) is 4.86. The van der Waals surface area contributed by atoms with Crippen LogP contribution in [-0.2, 0) is 6.42 Å². The van der Waals surface area contributed by atoms with Crippen LogP contribution >= 0.6 is 11.3 Å². The Hall–Kier alpha value is -8.67. The van der Waals surface area contributed by atoms with Crippen LogP contribution in [0.2, 0.25) is 0 Å². The van der Waals surface area contributed by atoms with Gasteiger partial charge < -0.3 is 13.7 Å². The summed E-state index contributed by atoms with van der Waals surface area (Å²) in [7, 11) is 0. The van der Waals surface area contributed by atoms with Gasteiger partial charge in [0.15, 0.2) is 0 Å². The second-order valence-corrected chi connectivity index (χ2v) is 17.5. The lowest BCUT2D eigenvalue weighted by atomic mass is 9.91. The van der Waals surface area contributed by atoms with Gasteiger partial charge in [-0.15, -0.1) is 11.3 Å². The van der Waals surface area contributed by atoms with E-state index in [0.29, 0.717) is 33.8 Å². The van der Waals surface area contributed by atoms with E-state index in [9.17, 15) is 15.8 Å². The van der Waals surface area contributed by atoms with E-state index in [2.05, 4.69) is 159 Å². The molecule has 8 aromatic carbocycles. The molecule has 0 bridgehead atoms. The minimum Gasteiger partial charge on any atom is -0.311 e. The number of nitrogens with zero attached hydrogens (tertiary/aromatic N) is 6. The van der Waals surface area contributed by atoms with Crippen molar-refractivity contribution in [3.05, 3.63) is 192 Å². The number of benzene rings is 8. The molecule has 0 saturated carbocycles. The Morgan fingerprint density at radius 2 is 0.969 bits per heavy atom. The van der Waals surface area contributed by atoms with E-state index < -0.39 is 0 Å². The van der Waals surface area contributed by atoms with Crippen molar-refractivity contribution in [2.75, 3.05) is 0 Å². The summed E-state index contributed by atoms with van der Waals surface area (Å²) in [6, 6.07) is 62.0. The van der Waals surface area contributed by atoms with E-state index >= 15 is 0 Å². The largest absolute Gasteiger partial charge is 0.311 e. The topological polar surface area (TPSA) is 86.2 Å². The number of para-hydroxylation sites is 4. The third-order valence-electron chi connectivity index (χ3n) is 13.2. The first-order valence-corrected chi connectivity index (χ1v) is 22.2. The van der Waals surface area contributed by atoms with E-state index in [1.165, 1.54) is 15.5 Å². The van der Waals surface area contributed by atoms with Gasteiger partial charge in [0, 0.05) is 63.9 Å². The molecule has 7 heteroatoms. The minimum absolute atomic E-state index is 0.371. The number of nitriles is 3. The lowest BCUT2D eigenvalue weighted by Crippen LogP contribution is -2.15. The quantitative estimate of drug-likeness (QED) is 0.177. The molecule has 4 heterocycles. The molecule has 0 spiro atoms. The third-order valence-corrected chi connectivity index (χ3v) is 14.4. The van der Waals surface area contributed by atoms with Crippen LogP contribution in [0.15, 0.2) is 164 Å². The molecule has 64 heavy (non-hydrogen) atoms. The van der Waals surface area contributed by atoms with Crippen LogP contribution in [0.4, 0.5) is 0 Å². The summed E-state index contributed by atoms with van der Waals surface area (Å²) in [4.78, 5) is 0. The van der Waals surface area contributed by atoms with Gasteiger partial charge in [0.1, 0.15) is 23.3 Å². The Bertz CT molecular complexity index is 4110. The van der Waals surface area contributed by atoms with Crippen LogP contribution in [-0.4, -0.2) is 13.7 Å². The zero-order chi connectivity index (χ0) is 42.6. The van der Waals surface area contributed by atoms with E-state index in [1.807, 2.05) is 42.5 Å². The fourth-order valence-corrected chi connectivity index (χ4v) is 11.7. The maximum absolute atomic E-state index is 12.1. The summed E-state index contributed by atoms with van der Waals surface area (Å²) < 4.78 is 9.07. The van der Waals surface area contributed by atoms with Crippen LogP contribution in [0.1, 0.15) is 34.4 Å². The predicted octanol–water partition coefficient (Wildman–Crippen LogP) is 14.4. The molecule has 1 aliphatic rings. The number of fused-ring (bicyclic) bond motifs is 12. The number of rotatable bonds is 4. The molecule has 0 amide bonds. The van der Waals surface area contributed by atoms with Crippen LogP contribution in [0.25, 0.3) is 109 Å². The van der Waals surface area contributed by atoms with E-state index in [4.69, 9.17) is 0 Å². The van der Waals surface area contributed by atoms with Gasteiger partial charge >= 0.3 is 0 Å². The normalized spacial score (nSPS) is 12.5. The highest BCUT2D eigenvalue weighted by atomic mass is 32.1. The molecular formula is C57H32N6S. The summed E-state index contributed by atoms with van der Waals surface area (Å²) in [5.74, 6) is 0. The average molecular weight is 833 g/mol. The minimum atomic E-state index is 0.371. The summed E-state index contributed by atoms with van der Waals surface area (Å²) in [6.45, 7) is 0. The lowest BCUT2D eigenvalue weighted by molar-refractivity contribution is 0.885. The highest BCUT2D eigenvalue weighted by Gasteiger charge is 2.34. The van der Waals surface area contributed by atoms with Gasteiger partial charge in [-0.2, -0.15) is 15.8 Å². The standard InChI is InChI=1S/C57H32N6S/c58-31-34-25-27-35(28-26-34)54-56(61-46-19-7-1-13-36(46)37-14-2-8-20-47(37)61)44(32-59)55(45(33-60)57(54)62-48-21-9-3-15-38(48)39-16-4-10-22-49(39)62)63-50-23-11-5-17-40(50)42-29-43-41-18-6-12-24-52(41)64-53(43)30-51(42)63/h1-9,11-21,23-30H,10,22H2. The zero-order valence-electron chi connectivity index (χ0n) is 34.2. The van der Waals surface area contributed by atoms with Crippen LogP contribution in [0, 0.1) is 34.0 Å². The molecule has 12 aromatic rings. The summed E-state index contributed by atoms with van der Waals surface area (Å²) in [6.07, 6.45) is 6.05. The molecule has 0 fully saturated rings. The first kappa shape index (κ1) is 36.0. The van der Waals surface area contributed by atoms with Gasteiger partial charge in [-0.25, -0.2) is 0 Å². The van der Waals surface area contributed by atoms with Crippen molar-refractivity contribution in [1.29, 1.82) is 15.8 Å². The lowest BCUT2D eigenvalue weighted by Gasteiger charge is -2.27. The van der Waals surface area contributed by atoms with E-state index in [-0.39, 0.29) is 0 Å². The fourth-order valence-electron chi connectivity index (χ4n) is 10.6. The molecule has 0 radical (unpaired) electrons. The molecular weight excluding hydrogens is 801 g/mol. The zero-order valence-corrected chi connectivity index (χ0v) is 35.0. The van der Waals surface area contributed by atoms with Crippen molar-refractivity contribution >= 4 is 92.1 Å². The smallest absolute Gasteiger partial charge is 0.104 e. The SMILES string of the molecule is N#Cc1ccc(-c2c(-n3c4c(c5ccccc53)C=CCC4)c(C#N)c(-n3c4ccccc4c4cc5c(cc43)sc3ccccc35)c(C#N)c2-n2c3ccccc3c3ccccc32)cc1. The Labute approximate surface area is 370 Å². The van der Waals surface area contributed by atoms with Gasteiger partial charge in [0.2, 0.25) is 0 Å². The molecule has 296 valence electrons. The molecule has 0 aliphatic heterocycles. The van der Waals surface area contributed by atoms with Gasteiger partial charge in [0.25, 0.3) is 0 Å². The molecule has 4 aromatic heterocycles. The molecule has 6 nitrogen and oxygen atoms in total. The Morgan fingerprint density at radius 3 is 1.59 bits per heavy atom. The monoisotopic (exact) mass is 832 g/mol. The molecule has 0 atom stereocenters. The van der Waals surface area contributed by atoms with Gasteiger partial charge in [-0.1, -0.05) is 115 Å². The Balaban J connectivity index is 1.32. The Kier molecular flexibility index (Phi) is 7.69. The number of allylic oxidation sites excluding steroid dienone is 1. The molecule has 13 rings (SSSR count). The summed E-state index contributed by atoms with van der Waals surface area (Å²) in [5, 5.41) is 41.8. The first-order valence-electron chi connectivity index (χ1n) is 21.3. The highest BCUT2D eigenvalue weighted by Crippen LogP contribution is 2.49. The number of hydrogen-bond acceptors (Lipinski definition) is 4. The van der Waals surface area contributed by atoms with Crippen LogP contribution in [0.3, 0.4) is 0 Å².